The van der Waals surface area contributed by atoms with E-state index in [9.17, 15) is 0 Å². The molecule has 0 aromatic carbocycles. The lowest BCUT2D eigenvalue weighted by Crippen LogP contribution is -2.13. The molecule has 2 heteroatoms. The van der Waals surface area contributed by atoms with Crippen LogP contribution in [0.2, 0.25) is 0 Å². The highest BCUT2D eigenvalue weighted by molar-refractivity contribution is 4.76. The minimum Gasteiger partial charge on any atom is -0.381 e. The monoisotopic (exact) mass is 243 g/mol. The average Bonchev–Trinajstić information content (AvgIpc) is 2.33. The van der Waals surface area contributed by atoms with Gasteiger partial charge in [-0.2, -0.15) is 0 Å². The summed E-state index contributed by atoms with van der Waals surface area (Å²) in [5.74, 6) is 0. The fourth-order valence-corrected chi connectivity index (χ4v) is 1.77. The van der Waals surface area contributed by atoms with E-state index >= 15 is 0 Å². The van der Waals surface area contributed by atoms with E-state index in [1.165, 1.54) is 32.1 Å². The Morgan fingerprint density at radius 3 is 2.35 bits per heavy atom. The van der Waals surface area contributed by atoms with Gasteiger partial charge >= 0.3 is 0 Å². The molecule has 0 aromatic heterocycles. The molecule has 0 fully saturated rings. The topological polar surface area (TPSA) is 18.5 Å². The molecule has 0 N–H and O–H groups in total. The number of unbranched alkanes of at least 4 members (excludes halogenated alkanes) is 3. The van der Waals surface area contributed by atoms with Crippen molar-refractivity contribution >= 4 is 0 Å². The Kier molecular flexibility index (Phi) is 13.9. The van der Waals surface area contributed by atoms with Gasteiger partial charge in [-0.1, -0.05) is 33.1 Å². The summed E-state index contributed by atoms with van der Waals surface area (Å²) in [4.78, 5) is 0. The number of hydrogen-bond acceptors (Lipinski definition) is 2. The van der Waals surface area contributed by atoms with Gasteiger partial charge < -0.3 is 9.47 Å². The highest BCUT2D eigenvalue weighted by atomic mass is 16.5. The van der Waals surface area contributed by atoms with Crippen molar-refractivity contribution in [2.24, 2.45) is 0 Å². The summed E-state index contributed by atoms with van der Waals surface area (Å²) < 4.78 is 11.2. The van der Waals surface area contributed by atoms with Crippen molar-refractivity contribution in [3.63, 3.8) is 0 Å². The molecule has 0 rings (SSSR count). The minimum absolute atomic E-state index is 0.367. The van der Waals surface area contributed by atoms with E-state index in [0.29, 0.717) is 6.10 Å². The molecule has 0 heterocycles. The molecule has 2 nitrogen and oxygen atoms in total. The van der Waals surface area contributed by atoms with Gasteiger partial charge in [0.25, 0.3) is 0 Å². The zero-order chi connectivity index (χ0) is 12.8. The molecule has 0 aliphatic carbocycles. The lowest BCUT2D eigenvalue weighted by atomic mass is 10.1. The maximum absolute atomic E-state index is 5.66. The molecule has 0 aliphatic heterocycles. The lowest BCUT2D eigenvalue weighted by molar-refractivity contribution is 0.0754. The second-order valence-electron chi connectivity index (χ2n) is 4.48. The summed E-state index contributed by atoms with van der Waals surface area (Å²) in [6.45, 7) is 9.14. The molecule has 1 radical (unpaired) electrons. The first-order valence-corrected chi connectivity index (χ1v) is 7.37. The number of hydrogen-bond donors (Lipinski definition) is 0. The van der Waals surface area contributed by atoms with Crippen LogP contribution in [0, 0.1) is 6.42 Å². The fourth-order valence-electron chi connectivity index (χ4n) is 1.77. The van der Waals surface area contributed by atoms with Crippen LogP contribution in [-0.4, -0.2) is 25.9 Å². The molecule has 0 saturated carbocycles. The average molecular weight is 243 g/mol. The Morgan fingerprint density at radius 2 is 1.71 bits per heavy atom. The summed E-state index contributed by atoms with van der Waals surface area (Å²) in [5.41, 5.74) is 0. The van der Waals surface area contributed by atoms with Crippen LogP contribution in [0.5, 0.6) is 0 Å². The van der Waals surface area contributed by atoms with Gasteiger partial charge in [-0.25, -0.2) is 0 Å². The Bertz CT molecular complexity index is 131. The van der Waals surface area contributed by atoms with Crippen molar-refractivity contribution in [1.29, 1.82) is 0 Å². The first-order valence-electron chi connectivity index (χ1n) is 7.37. The van der Waals surface area contributed by atoms with Crippen LogP contribution >= 0.6 is 0 Å². The third kappa shape index (κ3) is 12.2. The predicted octanol–water partition coefficient (Wildman–Crippen LogP) is 4.38. The van der Waals surface area contributed by atoms with Gasteiger partial charge in [0.15, 0.2) is 0 Å². The predicted molar refractivity (Wildman–Crippen MR) is 74.2 cm³/mol. The number of ether oxygens (including phenoxy) is 2. The molecule has 0 amide bonds. The fraction of sp³-hybridized carbons (Fsp3) is 0.933. The summed E-state index contributed by atoms with van der Waals surface area (Å²) in [6, 6.07) is 0. The highest BCUT2D eigenvalue weighted by Gasteiger charge is 2.06. The molecule has 0 aliphatic rings. The minimum atomic E-state index is 0.367. The first kappa shape index (κ1) is 16.9. The summed E-state index contributed by atoms with van der Waals surface area (Å²) in [5, 5.41) is 0. The lowest BCUT2D eigenvalue weighted by Gasteiger charge is -2.15. The molecule has 0 bridgehead atoms. The van der Waals surface area contributed by atoms with E-state index in [1.54, 1.807) is 0 Å². The van der Waals surface area contributed by atoms with Crippen molar-refractivity contribution in [2.45, 2.75) is 71.8 Å². The molecule has 1 atom stereocenters. The third-order valence-electron chi connectivity index (χ3n) is 2.77. The van der Waals surface area contributed by atoms with Gasteiger partial charge in [0, 0.05) is 19.8 Å². The Hall–Kier alpha value is -0.0800. The van der Waals surface area contributed by atoms with Gasteiger partial charge in [-0.15, -0.1) is 0 Å². The SMILES string of the molecule is CCCCOCCCC[CH]C(CCC)OCC. The van der Waals surface area contributed by atoms with Crippen molar-refractivity contribution in [3.8, 4) is 0 Å². The van der Waals surface area contributed by atoms with Crippen LogP contribution in [0.15, 0.2) is 0 Å². The van der Waals surface area contributed by atoms with Crippen LogP contribution in [0.4, 0.5) is 0 Å². The Morgan fingerprint density at radius 1 is 0.941 bits per heavy atom. The maximum Gasteiger partial charge on any atom is 0.0606 e. The molecule has 1 unspecified atom stereocenters. The highest BCUT2D eigenvalue weighted by Crippen LogP contribution is 2.11. The number of rotatable bonds is 13. The van der Waals surface area contributed by atoms with Crippen LogP contribution < -0.4 is 0 Å². The van der Waals surface area contributed by atoms with Crippen molar-refractivity contribution in [2.75, 3.05) is 19.8 Å². The summed E-state index contributed by atoms with van der Waals surface area (Å²) in [6.07, 6.45) is 11.0. The third-order valence-corrected chi connectivity index (χ3v) is 2.77. The second kappa shape index (κ2) is 14.0. The molecular formula is C15H31O2. The van der Waals surface area contributed by atoms with Gasteiger partial charge in [0.2, 0.25) is 0 Å². The molecule has 17 heavy (non-hydrogen) atoms. The summed E-state index contributed by atoms with van der Waals surface area (Å²) in [7, 11) is 0. The molecular weight excluding hydrogens is 212 g/mol. The van der Waals surface area contributed by atoms with Crippen molar-refractivity contribution in [1.82, 2.24) is 0 Å². The van der Waals surface area contributed by atoms with Crippen LogP contribution in [0.1, 0.15) is 65.7 Å². The summed E-state index contributed by atoms with van der Waals surface area (Å²) >= 11 is 0. The van der Waals surface area contributed by atoms with E-state index in [-0.39, 0.29) is 0 Å². The van der Waals surface area contributed by atoms with E-state index < -0.39 is 0 Å². The first-order chi connectivity index (χ1) is 8.35. The van der Waals surface area contributed by atoms with Crippen LogP contribution in [0.25, 0.3) is 0 Å². The van der Waals surface area contributed by atoms with Gasteiger partial charge in [0.1, 0.15) is 0 Å². The van der Waals surface area contributed by atoms with Crippen molar-refractivity contribution in [3.05, 3.63) is 6.42 Å². The zero-order valence-electron chi connectivity index (χ0n) is 12.0. The van der Waals surface area contributed by atoms with Crippen LogP contribution in [-0.2, 0) is 9.47 Å². The van der Waals surface area contributed by atoms with E-state index in [2.05, 4.69) is 27.2 Å². The van der Waals surface area contributed by atoms with Gasteiger partial charge in [-0.05, 0) is 39.0 Å². The maximum atomic E-state index is 5.66. The molecule has 0 saturated heterocycles. The zero-order valence-corrected chi connectivity index (χ0v) is 12.0. The Labute approximate surface area is 108 Å². The molecule has 0 aromatic rings. The largest absolute Gasteiger partial charge is 0.381 e. The van der Waals surface area contributed by atoms with E-state index in [0.717, 1.165) is 32.7 Å². The van der Waals surface area contributed by atoms with E-state index in [4.69, 9.17) is 9.47 Å². The Balaban J connectivity index is 3.23. The molecule has 0 spiro atoms. The van der Waals surface area contributed by atoms with E-state index in [1.807, 2.05) is 0 Å². The quantitative estimate of drug-likeness (QED) is 0.447. The smallest absolute Gasteiger partial charge is 0.0606 e. The molecule has 103 valence electrons. The van der Waals surface area contributed by atoms with Crippen molar-refractivity contribution < 1.29 is 9.47 Å². The van der Waals surface area contributed by atoms with Crippen LogP contribution in [0.3, 0.4) is 0 Å². The van der Waals surface area contributed by atoms with Gasteiger partial charge in [0.05, 0.1) is 6.10 Å². The second-order valence-corrected chi connectivity index (χ2v) is 4.48. The standard InChI is InChI=1S/C15H31O2/c1-4-7-13-16-14-10-8-9-12-15(11-5-2)17-6-3/h12,15H,4-11,13-14H2,1-3H3. The van der Waals surface area contributed by atoms with Gasteiger partial charge in [-0.3, -0.25) is 0 Å². The normalized spacial score (nSPS) is 12.9.